The Labute approximate surface area is 302 Å². The summed E-state index contributed by atoms with van der Waals surface area (Å²) >= 11 is 0. The Kier molecular flexibility index (Phi) is 12.4. The van der Waals surface area contributed by atoms with Crippen molar-refractivity contribution in [1.29, 1.82) is 0 Å². The molecule has 0 bridgehead atoms. The van der Waals surface area contributed by atoms with E-state index in [2.05, 4.69) is 15.4 Å². The SMILES string of the molecule is CC(=O)OC(C)=O.CC(=O)OC1=C(c2ccc(C)cc2C)C(=O)NC12COC(C)OC2.Cc1ccc(C2=C(O)C3(COC(C)OC3)NC2=O)c(C)c1. The largest absolute Gasteiger partial charge is 0.509 e. The van der Waals surface area contributed by atoms with Crippen LogP contribution in [0.15, 0.2) is 47.9 Å². The maximum absolute atomic E-state index is 12.7. The lowest BCUT2D eigenvalue weighted by molar-refractivity contribution is -0.201. The maximum Gasteiger partial charge on any atom is 0.310 e. The molecule has 14 nitrogen and oxygen atoms in total. The highest BCUT2D eigenvalue weighted by atomic mass is 16.7. The van der Waals surface area contributed by atoms with E-state index in [4.69, 9.17) is 23.7 Å². The van der Waals surface area contributed by atoms with Crippen molar-refractivity contribution >= 4 is 40.9 Å². The van der Waals surface area contributed by atoms with Gasteiger partial charge in [0.05, 0.1) is 37.6 Å². The second kappa shape index (κ2) is 16.2. The molecule has 2 spiro atoms. The molecule has 4 heterocycles. The van der Waals surface area contributed by atoms with E-state index < -0.39 is 29.0 Å². The van der Waals surface area contributed by atoms with E-state index in [1.165, 1.54) is 20.8 Å². The Bertz CT molecular complexity index is 1800. The molecule has 2 saturated heterocycles. The predicted molar refractivity (Wildman–Crippen MR) is 187 cm³/mol. The number of esters is 3. The molecule has 2 aromatic carbocycles. The predicted octanol–water partition coefficient (Wildman–Crippen LogP) is 3.77. The van der Waals surface area contributed by atoms with Gasteiger partial charge in [0.2, 0.25) is 0 Å². The van der Waals surface area contributed by atoms with Crippen LogP contribution in [0.4, 0.5) is 0 Å². The molecule has 0 aliphatic carbocycles. The van der Waals surface area contributed by atoms with Crippen molar-refractivity contribution in [3.8, 4) is 0 Å². The van der Waals surface area contributed by atoms with Gasteiger partial charge in [-0.25, -0.2) is 0 Å². The molecular formula is C38H46N2O12. The smallest absolute Gasteiger partial charge is 0.310 e. The number of amides is 2. The van der Waals surface area contributed by atoms with Crippen molar-refractivity contribution in [2.24, 2.45) is 0 Å². The van der Waals surface area contributed by atoms with Gasteiger partial charge in [0.1, 0.15) is 16.8 Å². The van der Waals surface area contributed by atoms with Crippen molar-refractivity contribution in [1.82, 2.24) is 10.6 Å². The fourth-order valence-corrected chi connectivity index (χ4v) is 6.17. The van der Waals surface area contributed by atoms with Crippen molar-refractivity contribution in [2.45, 2.75) is 86.0 Å². The van der Waals surface area contributed by atoms with Crippen LogP contribution in [0.25, 0.3) is 11.1 Å². The average molecular weight is 723 g/mol. The molecule has 0 radical (unpaired) electrons. The molecule has 0 unspecified atom stereocenters. The van der Waals surface area contributed by atoms with Gasteiger partial charge < -0.3 is 44.2 Å². The quantitative estimate of drug-likeness (QED) is 0.308. The van der Waals surface area contributed by atoms with Crippen LogP contribution in [0.3, 0.4) is 0 Å². The monoisotopic (exact) mass is 722 g/mol. The first-order valence-electron chi connectivity index (χ1n) is 16.7. The zero-order chi connectivity index (χ0) is 38.5. The number of aryl methyl sites for hydroxylation is 4. The van der Waals surface area contributed by atoms with Crippen LogP contribution in [-0.2, 0) is 52.4 Å². The lowest BCUT2D eigenvalue weighted by atomic mass is 9.93. The molecule has 0 atom stereocenters. The Morgan fingerprint density at radius 2 is 1.08 bits per heavy atom. The van der Waals surface area contributed by atoms with Crippen LogP contribution < -0.4 is 10.6 Å². The first kappa shape index (κ1) is 39.9. The van der Waals surface area contributed by atoms with Crippen LogP contribution in [-0.4, -0.2) is 84.9 Å². The van der Waals surface area contributed by atoms with E-state index in [1.807, 2.05) is 64.1 Å². The van der Waals surface area contributed by atoms with Gasteiger partial charge in [-0.2, -0.15) is 0 Å². The lowest BCUT2D eigenvalue weighted by Gasteiger charge is -2.36. The molecule has 4 aliphatic rings. The van der Waals surface area contributed by atoms with E-state index in [1.54, 1.807) is 13.8 Å². The fourth-order valence-electron chi connectivity index (χ4n) is 6.17. The summed E-state index contributed by atoms with van der Waals surface area (Å²) in [6, 6.07) is 11.6. The number of aliphatic hydroxyl groups is 1. The second-order valence-electron chi connectivity index (χ2n) is 13.2. The minimum Gasteiger partial charge on any atom is -0.509 e. The van der Waals surface area contributed by atoms with Gasteiger partial charge >= 0.3 is 17.9 Å². The summed E-state index contributed by atoms with van der Waals surface area (Å²) in [7, 11) is 0. The lowest BCUT2D eigenvalue weighted by Crippen LogP contribution is -2.57. The van der Waals surface area contributed by atoms with Crippen molar-refractivity contribution < 1.29 is 57.5 Å². The number of carbonyl (C=O) groups excluding carboxylic acids is 5. The molecule has 0 aromatic heterocycles. The van der Waals surface area contributed by atoms with E-state index in [0.29, 0.717) is 11.1 Å². The number of hydrogen-bond donors (Lipinski definition) is 3. The molecule has 280 valence electrons. The Morgan fingerprint density at radius 3 is 1.48 bits per heavy atom. The highest BCUT2D eigenvalue weighted by Crippen LogP contribution is 2.39. The minimum absolute atomic E-state index is 0.00588. The number of rotatable bonds is 3. The number of carbonyl (C=O) groups is 5. The summed E-state index contributed by atoms with van der Waals surface area (Å²) < 4.78 is 31.4. The van der Waals surface area contributed by atoms with E-state index in [9.17, 15) is 29.1 Å². The van der Waals surface area contributed by atoms with Crippen molar-refractivity contribution in [3.05, 3.63) is 81.3 Å². The number of aliphatic hydroxyl groups excluding tert-OH is 1. The highest BCUT2D eigenvalue weighted by Gasteiger charge is 2.51. The fraction of sp³-hybridized carbons (Fsp3) is 0.447. The third-order valence-electron chi connectivity index (χ3n) is 8.61. The average Bonchev–Trinajstić information content (AvgIpc) is 3.44. The molecule has 6 rings (SSSR count). The zero-order valence-corrected chi connectivity index (χ0v) is 30.9. The minimum atomic E-state index is -0.970. The summed E-state index contributed by atoms with van der Waals surface area (Å²) in [5.74, 6) is -1.91. The van der Waals surface area contributed by atoms with E-state index >= 15 is 0 Å². The Hall–Kier alpha value is -4.89. The highest BCUT2D eigenvalue weighted by molar-refractivity contribution is 6.24. The van der Waals surface area contributed by atoms with Crippen LogP contribution in [0.1, 0.15) is 68.0 Å². The molecular weight excluding hydrogens is 676 g/mol. The summed E-state index contributed by atoms with van der Waals surface area (Å²) in [5, 5.41) is 16.3. The van der Waals surface area contributed by atoms with Crippen LogP contribution in [0.5, 0.6) is 0 Å². The second-order valence-corrected chi connectivity index (χ2v) is 13.2. The van der Waals surface area contributed by atoms with E-state index in [0.717, 1.165) is 33.4 Å². The first-order valence-corrected chi connectivity index (χ1v) is 16.7. The third kappa shape index (κ3) is 8.94. The zero-order valence-electron chi connectivity index (χ0n) is 30.9. The number of nitrogens with one attached hydrogen (secondary N) is 2. The van der Waals surface area contributed by atoms with Gasteiger partial charge in [0, 0.05) is 20.8 Å². The number of benzene rings is 2. The van der Waals surface area contributed by atoms with Crippen LogP contribution in [0, 0.1) is 27.7 Å². The van der Waals surface area contributed by atoms with Gasteiger partial charge in [0.25, 0.3) is 11.8 Å². The van der Waals surface area contributed by atoms with Gasteiger partial charge in [-0.15, -0.1) is 0 Å². The Morgan fingerprint density at radius 1 is 0.673 bits per heavy atom. The molecule has 4 aliphatic heterocycles. The molecule has 14 heteroatoms. The topological polar surface area (TPSA) is 185 Å². The summed E-state index contributed by atoms with van der Waals surface area (Å²) in [5.41, 5.74) is 4.33. The van der Waals surface area contributed by atoms with E-state index in [-0.39, 0.29) is 62.3 Å². The maximum atomic E-state index is 12.7. The van der Waals surface area contributed by atoms with Gasteiger partial charge in [0.15, 0.2) is 18.3 Å². The normalized spacial score (nSPS) is 25.1. The van der Waals surface area contributed by atoms with Crippen molar-refractivity contribution in [3.63, 3.8) is 0 Å². The summed E-state index contributed by atoms with van der Waals surface area (Å²) in [4.78, 5) is 56.3. The first-order chi connectivity index (χ1) is 24.4. The molecule has 3 N–H and O–H groups in total. The number of ether oxygens (including phenoxy) is 6. The van der Waals surface area contributed by atoms with Gasteiger partial charge in [-0.1, -0.05) is 47.5 Å². The van der Waals surface area contributed by atoms with Crippen LogP contribution in [0.2, 0.25) is 0 Å². The third-order valence-corrected chi connectivity index (χ3v) is 8.61. The molecule has 0 saturated carbocycles. The van der Waals surface area contributed by atoms with Gasteiger partial charge in [-0.3, -0.25) is 24.0 Å². The summed E-state index contributed by atoms with van der Waals surface area (Å²) in [6.45, 7) is 15.9. The molecule has 52 heavy (non-hydrogen) atoms. The van der Waals surface area contributed by atoms with Crippen molar-refractivity contribution in [2.75, 3.05) is 26.4 Å². The standard InChI is InChI=1S/C18H21NO5.C16H19NO4.C4H6O3/c1-10-5-6-14(11(2)7-10)15-16(24-12(3)20)18(19-17(15)21)8-22-13(4)23-9-18;1-9-4-5-12(10(2)6-9)13-14(18)16(17-15(13)19)7-20-11(3)21-8-16;1-3(5)7-4(2)6/h5-7,13H,8-9H2,1-4H3,(H,19,21);4-6,11,18H,7-8H2,1-3H3,(H,17,19);1-2H3. The van der Waals surface area contributed by atoms with Crippen LogP contribution >= 0.6 is 0 Å². The molecule has 2 fully saturated rings. The summed E-state index contributed by atoms with van der Waals surface area (Å²) in [6.07, 6.45) is -0.693. The molecule has 2 amide bonds. The number of hydrogen-bond acceptors (Lipinski definition) is 12. The molecule has 2 aromatic rings. The Balaban J connectivity index is 0.000000198. The van der Waals surface area contributed by atoms with Gasteiger partial charge in [-0.05, 0) is 63.8 Å².